The lowest BCUT2D eigenvalue weighted by Gasteiger charge is -2.48. The standard InChI is InChI=1S/C24H21Cl3N8O/c1-24(30-2)10-35(11-24)23-12(6-28)3-13(7-32-23)21-14-4-19(15(25)5-18(14)33-34-21)36-22(29)20-16(26)8-31-9-17(20)27/h3-5,7-9,22,30H,10-11,29H2,1-2H3,(H,33,34)/t22-/m0/s1. The van der Waals surface area contributed by atoms with Gasteiger partial charge in [-0.3, -0.25) is 15.8 Å². The molecule has 1 fully saturated rings. The molecule has 1 aromatic carbocycles. The van der Waals surface area contributed by atoms with Crippen LogP contribution in [-0.4, -0.2) is 45.8 Å². The van der Waals surface area contributed by atoms with Crippen LogP contribution in [0.4, 0.5) is 5.82 Å². The first kappa shape index (κ1) is 24.6. The number of H-pyrrole nitrogens is 1. The zero-order valence-corrected chi connectivity index (χ0v) is 21.6. The van der Waals surface area contributed by atoms with Crippen molar-refractivity contribution in [2.75, 3.05) is 25.0 Å². The van der Waals surface area contributed by atoms with E-state index in [0.29, 0.717) is 44.5 Å². The Morgan fingerprint density at radius 2 is 1.89 bits per heavy atom. The number of hydrogen-bond acceptors (Lipinski definition) is 8. The van der Waals surface area contributed by atoms with Crippen molar-refractivity contribution in [1.29, 1.82) is 5.26 Å². The van der Waals surface area contributed by atoms with Gasteiger partial charge in [0.05, 0.1) is 31.7 Å². The number of aromatic amines is 1. The predicted octanol–water partition coefficient (Wildman–Crippen LogP) is 4.69. The van der Waals surface area contributed by atoms with Crippen LogP contribution in [0, 0.1) is 11.3 Å². The molecule has 184 valence electrons. The van der Waals surface area contributed by atoms with Crippen LogP contribution >= 0.6 is 34.8 Å². The Morgan fingerprint density at radius 1 is 1.17 bits per heavy atom. The highest BCUT2D eigenvalue weighted by molar-refractivity contribution is 6.36. The monoisotopic (exact) mass is 542 g/mol. The van der Waals surface area contributed by atoms with E-state index in [9.17, 15) is 5.26 Å². The van der Waals surface area contributed by atoms with Crippen LogP contribution in [0.2, 0.25) is 15.1 Å². The Labute approximate surface area is 222 Å². The minimum absolute atomic E-state index is 0.00666. The summed E-state index contributed by atoms with van der Waals surface area (Å²) in [4.78, 5) is 10.6. The number of nitriles is 1. The molecule has 4 heterocycles. The van der Waals surface area contributed by atoms with E-state index < -0.39 is 6.23 Å². The lowest BCUT2D eigenvalue weighted by Crippen LogP contribution is -2.67. The molecule has 0 unspecified atom stereocenters. The number of benzene rings is 1. The summed E-state index contributed by atoms with van der Waals surface area (Å²) < 4.78 is 5.94. The fourth-order valence-corrected chi connectivity index (χ4v) is 5.03. The summed E-state index contributed by atoms with van der Waals surface area (Å²) in [6.07, 6.45) is 3.60. The molecule has 1 saturated heterocycles. The largest absolute Gasteiger partial charge is 0.470 e. The molecule has 1 atom stereocenters. The molecule has 12 heteroatoms. The number of nitrogens with one attached hydrogen (secondary N) is 2. The maximum absolute atomic E-state index is 9.80. The Hall–Kier alpha value is -3.13. The smallest absolute Gasteiger partial charge is 0.177 e. The summed E-state index contributed by atoms with van der Waals surface area (Å²) in [6.45, 7) is 3.66. The number of likely N-dealkylation sites (N-methyl/N-ethyl adjacent to an activating group) is 1. The van der Waals surface area contributed by atoms with Gasteiger partial charge in [0, 0.05) is 48.2 Å². The zero-order chi connectivity index (χ0) is 25.6. The van der Waals surface area contributed by atoms with E-state index in [1.54, 1.807) is 24.4 Å². The van der Waals surface area contributed by atoms with Gasteiger partial charge < -0.3 is 15.0 Å². The molecule has 3 aromatic heterocycles. The third-order valence-electron chi connectivity index (χ3n) is 6.29. The topological polar surface area (TPSA) is 129 Å². The van der Waals surface area contributed by atoms with E-state index in [-0.39, 0.29) is 15.6 Å². The van der Waals surface area contributed by atoms with Crippen LogP contribution in [0.25, 0.3) is 22.2 Å². The van der Waals surface area contributed by atoms with E-state index in [0.717, 1.165) is 18.5 Å². The normalized spacial score (nSPS) is 15.4. The second-order valence-electron chi connectivity index (χ2n) is 8.83. The van der Waals surface area contributed by atoms with Gasteiger partial charge in [-0.05, 0) is 32.2 Å². The molecule has 36 heavy (non-hydrogen) atoms. The molecule has 0 spiro atoms. The van der Waals surface area contributed by atoms with Crippen molar-refractivity contribution in [2.24, 2.45) is 5.73 Å². The zero-order valence-electron chi connectivity index (χ0n) is 19.3. The molecule has 4 aromatic rings. The lowest BCUT2D eigenvalue weighted by atomic mass is 9.92. The number of ether oxygens (including phenoxy) is 1. The average molecular weight is 544 g/mol. The minimum Gasteiger partial charge on any atom is -0.470 e. The van der Waals surface area contributed by atoms with Crippen molar-refractivity contribution in [3.63, 3.8) is 0 Å². The van der Waals surface area contributed by atoms with Gasteiger partial charge in [0.1, 0.15) is 23.3 Å². The maximum Gasteiger partial charge on any atom is 0.177 e. The van der Waals surface area contributed by atoms with Crippen LogP contribution in [-0.2, 0) is 0 Å². The summed E-state index contributed by atoms with van der Waals surface area (Å²) in [5.41, 5.74) is 9.07. The van der Waals surface area contributed by atoms with Crippen LogP contribution in [0.15, 0.2) is 36.8 Å². The number of halogens is 3. The number of nitrogens with two attached hydrogens (primary N) is 1. The summed E-state index contributed by atoms with van der Waals surface area (Å²) in [5.74, 6) is 0.971. The quantitative estimate of drug-likeness (QED) is 0.299. The summed E-state index contributed by atoms with van der Waals surface area (Å²) >= 11 is 18.9. The Bertz CT molecular complexity index is 1490. The maximum atomic E-state index is 9.80. The first-order valence-corrected chi connectivity index (χ1v) is 12.1. The molecule has 0 bridgehead atoms. The van der Waals surface area contributed by atoms with E-state index in [1.807, 2.05) is 7.05 Å². The van der Waals surface area contributed by atoms with Crippen LogP contribution in [0.3, 0.4) is 0 Å². The molecule has 0 radical (unpaired) electrons. The minimum atomic E-state index is -0.982. The second kappa shape index (κ2) is 9.39. The van der Waals surface area contributed by atoms with Crippen molar-refractivity contribution in [1.82, 2.24) is 25.5 Å². The number of hydrogen-bond donors (Lipinski definition) is 3. The number of fused-ring (bicyclic) bond motifs is 1. The van der Waals surface area contributed by atoms with Gasteiger partial charge in [0.15, 0.2) is 6.23 Å². The van der Waals surface area contributed by atoms with Gasteiger partial charge in [-0.15, -0.1) is 0 Å². The van der Waals surface area contributed by atoms with Gasteiger partial charge in [-0.25, -0.2) is 4.98 Å². The van der Waals surface area contributed by atoms with E-state index >= 15 is 0 Å². The fraction of sp³-hybridized carbons (Fsp3) is 0.250. The van der Waals surface area contributed by atoms with Crippen molar-refractivity contribution in [3.05, 3.63) is 63.0 Å². The number of aromatic nitrogens is 4. The number of pyridine rings is 2. The average Bonchev–Trinajstić information content (AvgIpc) is 3.24. The third kappa shape index (κ3) is 4.32. The highest BCUT2D eigenvalue weighted by Gasteiger charge is 2.39. The van der Waals surface area contributed by atoms with Crippen LogP contribution in [0.1, 0.15) is 24.3 Å². The number of anilines is 1. The molecule has 5 rings (SSSR count). The highest BCUT2D eigenvalue weighted by Crippen LogP contribution is 2.38. The van der Waals surface area contributed by atoms with Gasteiger partial charge in [-0.1, -0.05) is 34.8 Å². The Morgan fingerprint density at radius 3 is 2.56 bits per heavy atom. The SMILES string of the molecule is CNC1(C)CN(c2ncc(-c3n[nH]c4cc(Cl)c(O[C@H](N)c5c(Cl)cncc5Cl)cc34)cc2C#N)C1. The fourth-order valence-electron chi connectivity index (χ4n) is 4.24. The predicted molar refractivity (Wildman–Crippen MR) is 141 cm³/mol. The van der Waals surface area contributed by atoms with Crippen molar-refractivity contribution in [2.45, 2.75) is 18.7 Å². The second-order valence-corrected chi connectivity index (χ2v) is 10.1. The van der Waals surface area contributed by atoms with Crippen LogP contribution < -0.4 is 20.7 Å². The number of rotatable bonds is 6. The van der Waals surface area contributed by atoms with Gasteiger partial charge >= 0.3 is 0 Å². The Balaban J connectivity index is 1.48. The molecule has 9 nitrogen and oxygen atoms in total. The lowest BCUT2D eigenvalue weighted by molar-refractivity contribution is 0.214. The first-order chi connectivity index (χ1) is 17.2. The summed E-state index contributed by atoms with van der Waals surface area (Å²) in [6, 6.07) is 7.46. The van der Waals surface area contributed by atoms with E-state index in [4.69, 9.17) is 45.3 Å². The van der Waals surface area contributed by atoms with E-state index in [2.05, 4.69) is 43.4 Å². The van der Waals surface area contributed by atoms with Crippen molar-refractivity contribution in [3.8, 4) is 23.1 Å². The molecular weight excluding hydrogens is 523 g/mol. The molecule has 0 aliphatic carbocycles. The molecule has 4 N–H and O–H groups in total. The Kier molecular flexibility index (Phi) is 6.41. The summed E-state index contributed by atoms with van der Waals surface area (Å²) in [7, 11) is 1.93. The van der Waals surface area contributed by atoms with Crippen LogP contribution in [0.5, 0.6) is 5.75 Å². The molecular formula is C24H21Cl3N8O. The third-order valence-corrected chi connectivity index (χ3v) is 7.19. The molecule has 1 aliphatic rings. The van der Waals surface area contributed by atoms with Crippen molar-refractivity contribution < 1.29 is 4.74 Å². The highest BCUT2D eigenvalue weighted by atomic mass is 35.5. The molecule has 1 aliphatic heterocycles. The van der Waals surface area contributed by atoms with Crippen molar-refractivity contribution >= 4 is 51.5 Å². The van der Waals surface area contributed by atoms with E-state index in [1.165, 1.54) is 12.4 Å². The first-order valence-electron chi connectivity index (χ1n) is 11.0. The molecule has 0 saturated carbocycles. The van der Waals surface area contributed by atoms with Gasteiger partial charge in [-0.2, -0.15) is 10.4 Å². The van der Waals surface area contributed by atoms with Gasteiger partial charge in [0.25, 0.3) is 0 Å². The summed E-state index contributed by atoms with van der Waals surface area (Å²) in [5, 5.41) is 22.1. The van der Waals surface area contributed by atoms with Gasteiger partial charge in [0.2, 0.25) is 0 Å². The number of nitrogens with zero attached hydrogens (tertiary/aromatic N) is 5. The molecule has 0 amide bonds.